The van der Waals surface area contributed by atoms with Crippen LogP contribution in [0.1, 0.15) is 38.3 Å². The van der Waals surface area contributed by atoms with Gasteiger partial charge < -0.3 is 30.7 Å². The maximum absolute atomic E-state index is 13.3. The van der Waals surface area contributed by atoms with Gasteiger partial charge in [-0.1, -0.05) is 30.3 Å². The van der Waals surface area contributed by atoms with Gasteiger partial charge in [0.1, 0.15) is 0 Å². The molecule has 0 spiro atoms. The number of benzene rings is 3. The van der Waals surface area contributed by atoms with Crippen molar-refractivity contribution >= 4 is 40.1 Å². The molecule has 2 amide bonds. The molecule has 4 rings (SSSR count). The van der Waals surface area contributed by atoms with Crippen LogP contribution in [0.3, 0.4) is 0 Å². The van der Waals surface area contributed by atoms with Gasteiger partial charge in [0.15, 0.2) is 11.5 Å². The first-order valence-electron chi connectivity index (χ1n) is 12.9. The third-order valence-electron chi connectivity index (χ3n) is 6.15. The highest BCUT2D eigenvalue weighted by Crippen LogP contribution is 2.43. The summed E-state index contributed by atoms with van der Waals surface area (Å²) >= 11 is 0. The zero-order valence-electron chi connectivity index (χ0n) is 22.0. The van der Waals surface area contributed by atoms with E-state index in [1.807, 2.05) is 80.6 Å². The van der Waals surface area contributed by atoms with Gasteiger partial charge in [0.2, 0.25) is 5.91 Å². The molecule has 0 fully saturated rings. The Morgan fingerprint density at radius 2 is 1.63 bits per heavy atom. The Kier molecular flexibility index (Phi) is 8.66. The second-order valence-corrected chi connectivity index (χ2v) is 8.77. The molecule has 1 aliphatic heterocycles. The predicted octanol–water partition coefficient (Wildman–Crippen LogP) is 5.12. The molecule has 1 aliphatic rings. The smallest absolute Gasteiger partial charge is 0.258 e. The molecule has 3 aromatic carbocycles. The van der Waals surface area contributed by atoms with Gasteiger partial charge in [0.05, 0.1) is 30.2 Å². The molecule has 1 heterocycles. The summed E-state index contributed by atoms with van der Waals surface area (Å²) in [6.07, 6.45) is 0.715. The van der Waals surface area contributed by atoms with Crippen molar-refractivity contribution in [1.29, 1.82) is 0 Å². The molecular weight excluding hydrogens is 480 g/mol. The predicted molar refractivity (Wildman–Crippen MR) is 152 cm³/mol. The van der Waals surface area contributed by atoms with Crippen molar-refractivity contribution < 1.29 is 19.1 Å². The summed E-state index contributed by atoms with van der Waals surface area (Å²) in [4.78, 5) is 27.2. The van der Waals surface area contributed by atoms with E-state index in [1.54, 1.807) is 11.8 Å². The molecule has 38 heavy (non-hydrogen) atoms. The molecule has 0 saturated carbocycles. The van der Waals surface area contributed by atoms with Gasteiger partial charge in [-0.2, -0.15) is 0 Å². The van der Waals surface area contributed by atoms with Crippen molar-refractivity contribution in [2.45, 2.75) is 27.2 Å². The van der Waals surface area contributed by atoms with Gasteiger partial charge in [0.25, 0.3) is 5.91 Å². The molecule has 0 aromatic heterocycles. The van der Waals surface area contributed by atoms with Crippen LogP contribution in [0.4, 0.5) is 17.1 Å². The van der Waals surface area contributed by atoms with Crippen LogP contribution in [0.5, 0.6) is 11.5 Å². The van der Waals surface area contributed by atoms with E-state index < -0.39 is 0 Å². The van der Waals surface area contributed by atoms with E-state index in [4.69, 9.17) is 15.2 Å². The minimum atomic E-state index is -0.219. The van der Waals surface area contributed by atoms with Gasteiger partial charge in [-0.15, -0.1) is 0 Å². The standard InChI is InChI=1S/C30H34N4O4/c1-4-37-26-18-24-25(19-27(26)38-5-2)33-30(36)28(24)29(21-10-7-6-8-11-21)32-22-12-14-23(15-13-22)34(20(3)35)17-9-16-31/h6-8,10-15,18-19,32H,4-5,9,16-17,31H2,1-3H3,(H,33,36). The lowest BCUT2D eigenvalue weighted by Crippen LogP contribution is -2.30. The number of nitrogens with one attached hydrogen (secondary N) is 2. The fourth-order valence-corrected chi connectivity index (χ4v) is 4.43. The minimum Gasteiger partial charge on any atom is -0.490 e. The molecule has 0 unspecified atom stereocenters. The van der Waals surface area contributed by atoms with Crippen molar-refractivity contribution in [1.82, 2.24) is 0 Å². The summed E-state index contributed by atoms with van der Waals surface area (Å²) in [6.45, 7) is 7.38. The maximum atomic E-state index is 13.3. The first kappa shape index (κ1) is 26.8. The lowest BCUT2D eigenvalue weighted by molar-refractivity contribution is -0.116. The van der Waals surface area contributed by atoms with Crippen LogP contribution in [0.2, 0.25) is 0 Å². The maximum Gasteiger partial charge on any atom is 0.258 e. The Labute approximate surface area is 223 Å². The number of ether oxygens (including phenoxy) is 2. The molecule has 198 valence electrons. The fraction of sp³-hybridized carbons (Fsp3) is 0.267. The van der Waals surface area contributed by atoms with Gasteiger partial charge >= 0.3 is 0 Å². The average molecular weight is 515 g/mol. The zero-order valence-corrected chi connectivity index (χ0v) is 22.0. The van der Waals surface area contributed by atoms with E-state index >= 15 is 0 Å². The van der Waals surface area contributed by atoms with E-state index in [9.17, 15) is 9.59 Å². The number of rotatable bonds is 11. The Bertz CT molecular complexity index is 1320. The number of anilines is 3. The number of amides is 2. The lowest BCUT2D eigenvalue weighted by atomic mass is 9.99. The number of hydrogen-bond donors (Lipinski definition) is 3. The normalized spacial score (nSPS) is 13.4. The largest absolute Gasteiger partial charge is 0.490 e. The third kappa shape index (κ3) is 5.81. The second kappa shape index (κ2) is 12.3. The topological polar surface area (TPSA) is 106 Å². The van der Waals surface area contributed by atoms with Crippen LogP contribution in [0.25, 0.3) is 11.3 Å². The van der Waals surface area contributed by atoms with Crippen molar-refractivity contribution in [2.24, 2.45) is 5.73 Å². The summed E-state index contributed by atoms with van der Waals surface area (Å²) in [7, 11) is 0. The highest BCUT2D eigenvalue weighted by atomic mass is 16.5. The van der Waals surface area contributed by atoms with Crippen molar-refractivity contribution in [2.75, 3.05) is 41.8 Å². The second-order valence-electron chi connectivity index (χ2n) is 8.77. The van der Waals surface area contributed by atoms with Gasteiger partial charge in [-0.3, -0.25) is 9.59 Å². The van der Waals surface area contributed by atoms with Crippen molar-refractivity contribution in [3.8, 4) is 11.5 Å². The zero-order chi connectivity index (χ0) is 27.1. The highest BCUT2D eigenvalue weighted by Gasteiger charge is 2.30. The van der Waals surface area contributed by atoms with Gasteiger partial charge in [0, 0.05) is 36.5 Å². The summed E-state index contributed by atoms with van der Waals surface area (Å²) in [5.41, 5.74) is 10.6. The highest BCUT2D eigenvalue weighted by molar-refractivity contribution is 6.37. The molecule has 0 atom stereocenters. The van der Waals surface area contributed by atoms with Crippen LogP contribution in [-0.2, 0) is 9.59 Å². The van der Waals surface area contributed by atoms with Crippen LogP contribution in [-0.4, -0.2) is 38.1 Å². The average Bonchev–Trinajstić information content (AvgIpc) is 3.23. The number of nitrogens with zero attached hydrogens (tertiary/aromatic N) is 1. The Balaban J connectivity index is 1.77. The van der Waals surface area contributed by atoms with Crippen LogP contribution in [0.15, 0.2) is 66.7 Å². The van der Waals surface area contributed by atoms with Gasteiger partial charge in [-0.05, 0) is 62.7 Å². The summed E-state index contributed by atoms with van der Waals surface area (Å²) < 4.78 is 11.6. The number of carbonyl (C=O) groups excluding carboxylic acids is 2. The van der Waals surface area contributed by atoms with E-state index in [-0.39, 0.29) is 11.8 Å². The quantitative estimate of drug-likeness (QED) is 0.307. The Hall–Kier alpha value is -4.30. The SMILES string of the molecule is CCOc1cc2c(cc1OCC)C(=C(Nc1ccc(N(CCCN)C(C)=O)cc1)c1ccccc1)C(=O)N2. The molecule has 0 radical (unpaired) electrons. The van der Waals surface area contributed by atoms with Crippen LogP contribution < -0.4 is 30.7 Å². The monoisotopic (exact) mass is 514 g/mol. The summed E-state index contributed by atoms with van der Waals surface area (Å²) in [5, 5.41) is 6.44. The Morgan fingerprint density at radius 1 is 0.974 bits per heavy atom. The molecule has 0 saturated heterocycles. The number of nitrogens with two attached hydrogens (primary N) is 1. The minimum absolute atomic E-state index is 0.0398. The van der Waals surface area contributed by atoms with E-state index in [0.29, 0.717) is 61.2 Å². The first-order valence-corrected chi connectivity index (χ1v) is 12.9. The number of carbonyl (C=O) groups is 2. The number of fused-ring (bicyclic) bond motifs is 1. The Morgan fingerprint density at radius 3 is 2.24 bits per heavy atom. The molecule has 0 aliphatic carbocycles. The van der Waals surface area contributed by atoms with E-state index in [1.165, 1.54) is 0 Å². The van der Waals surface area contributed by atoms with E-state index in [2.05, 4.69) is 10.6 Å². The van der Waals surface area contributed by atoms with Crippen molar-refractivity contribution in [3.05, 3.63) is 77.9 Å². The van der Waals surface area contributed by atoms with Crippen LogP contribution >= 0.6 is 0 Å². The summed E-state index contributed by atoms with van der Waals surface area (Å²) in [6, 6.07) is 20.9. The number of hydrogen-bond acceptors (Lipinski definition) is 6. The molecule has 0 bridgehead atoms. The fourth-order valence-electron chi connectivity index (χ4n) is 4.43. The molecule has 3 aromatic rings. The summed E-state index contributed by atoms with van der Waals surface area (Å²) in [5.74, 6) is 0.912. The van der Waals surface area contributed by atoms with Gasteiger partial charge in [-0.25, -0.2) is 0 Å². The first-order chi connectivity index (χ1) is 18.5. The van der Waals surface area contributed by atoms with E-state index in [0.717, 1.165) is 22.5 Å². The third-order valence-corrected chi connectivity index (χ3v) is 6.15. The molecule has 8 heteroatoms. The molecule has 8 nitrogen and oxygen atoms in total. The molecular formula is C30H34N4O4. The lowest BCUT2D eigenvalue weighted by Gasteiger charge is -2.22. The van der Waals surface area contributed by atoms with Crippen LogP contribution in [0, 0.1) is 0 Å². The van der Waals surface area contributed by atoms with Crippen molar-refractivity contribution in [3.63, 3.8) is 0 Å². The molecule has 4 N–H and O–H groups in total.